The summed E-state index contributed by atoms with van der Waals surface area (Å²) in [6.45, 7) is 3.61. The van der Waals surface area contributed by atoms with Crippen LogP contribution in [0.1, 0.15) is 42.7 Å². The Hall–Kier alpha value is -0.340. The Morgan fingerprint density at radius 2 is 2.43 bits per heavy atom. The van der Waals surface area contributed by atoms with Crippen molar-refractivity contribution in [3.05, 3.63) is 21.9 Å². The van der Waals surface area contributed by atoms with E-state index < -0.39 is 0 Å². The van der Waals surface area contributed by atoms with E-state index in [0.29, 0.717) is 11.5 Å². The standard InChI is InChI=1S/C12H17NS/c1-12(5-6-12)8-13-10-3-2-9-4-7-14-11(9)10/h4,7,10,13H,2-3,5-6,8H2,1H3. The fourth-order valence-corrected chi connectivity index (χ4v) is 3.31. The predicted molar refractivity (Wildman–Crippen MR) is 60.7 cm³/mol. The van der Waals surface area contributed by atoms with Crippen molar-refractivity contribution in [2.45, 2.75) is 38.6 Å². The molecular weight excluding hydrogens is 190 g/mol. The van der Waals surface area contributed by atoms with E-state index in [1.165, 1.54) is 32.2 Å². The molecule has 1 aromatic heterocycles. The van der Waals surface area contributed by atoms with Crippen LogP contribution in [0.4, 0.5) is 0 Å². The molecule has 76 valence electrons. The highest BCUT2D eigenvalue weighted by Gasteiger charge is 2.37. The molecule has 1 fully saturated rings. The van der Waals surface area contributed by atoms with Crippen molar-refractivity contribution < 1.29 is 0 Å². The summed E-state index contributed by atoms with van der Waals surface area (Å²) < 4.78 is 0. The fourth-order valence-electron chi connectivity index (χ4n) is 2.25. The lowest BCUT2D eigenvalue weighted by atomic mass is 10.1. The second-order valence-corrected chi connectivity index (χ2v) is 6.04. The van der Waals surface area contributed by atoms with Crippen LogP contribution in [0.2, 0.25) is 0 Å². The molecule has 1 heterocycles. The maximum atomic E-state index is 3.74. The van der Waals surface area contributed by atoms with Crippen LogP contribution in [0.5, 0.6) is 0 Å². The fraction of sp³-hybridized carbons (Fsp3) is 0.667. The van der Waals surface area contributed by atoms with E-state index >= 15 is 0 Å². The van der Waals surface area contributed by atoms with Crippen LogP contribution in [0.15, 0.2) is 11.4 Å². The Bertz CT molecular complexity index is 338. The first-order valence-corrected chi connectivity index (χ1v) is 6.44. The van der Waals surface area contributed by atoms with Crippen molar-refractivity contribution >= 4 is 11.3 Å². The number of hydrogen-bond donors (Lipinski definition) is 1. The van der Waals surface area contributed by atoms with Gasteiger partial charge in [0.15, 0.2) is 0 Å². The van der Waals surface area contributed by atoms with Gasteiger partial charge in [-0.2, -0.15) is 0 Å². The Labute approximate surface area is 89.5 Å². The van der Waals surface area contributed by atoms with E-state index in [4.69, 9.17) is 0 Å². The van der Waals surface area contributed by atoms with Crippen molar-refractivity contribution in [2.75, 3.05) is 6.54 Å². The quantitative estimate of drug-likeness (QED) is 0.803. The number of aryl methyl sites for hydroxylation is 1. The maximum absolute atomic E-state index is 3.74. The third-order valence-electron chi connectivity index (χ3n) is 3.68. The van der Waals surface area contributed by atoms with E-state index in [9.17, 15) is 0 Å². The summed E-state index contributed by atoms with van der Waals surface area (Å²) in [6.07, 6.45) is 5.44. The molecule has 2 aliphatic rings. The number of nitrogens with one attached hydrogen (secondary N) is 1. The van der Waals surface area contributed by atoms with Gasteiger partial charge in [-0.1, -0.05) is 6.92 Å². The lowest BCUT2D eigenvalue weighted by molar-refractivity contribution is 0.442. The van der Waals surface area contributed by atoms with Crippen LogP contribution in [0, 0.1) is 5.41 Å². The van der Waals surface area contributed by atoms with E-state index in [1.807, 2.05) is 11.3 Å². The van der Waals surface area contributed by atoms with Crippen LogP contribution in [-0.4, -0.2) is 6.54 Å². The molecule has 2 heteroatoms. The highest BCUT2D eigenvalue weighted by Crippen LogP contribution is 2.45. The molecule has 0 spiro atoms. The minimum Gasteiger partial charge on any atom is -0.309 e. The second kappa shape index (κ2) is 3.07. The zero-order chi connectivity index (χ0) is 9.60. The Morgan fingerprint density at radius 3 is 3.21 bits per heavy atom. The molecule has 3 rings (SSSR count). The van der Waals surface area contributed by atoms with Gasteiger partial charge in [0.2, 0.25) is 0 Å². The molecule has 1 atom stereocenters. The van der Waals surface area contributed by atoms with Gasteiger partial charge in [-0.15, -0.1) is 11.3 Å². The average molecular weight is 207 g/mol. The smallest absolute Gasteiger partial charge is 0.0420 e. The topological polar surface area (TPSA) is 12.0 Å². The molecule has 0 radical (unpaired) electrons. The van der Waals surface area contributed by atoms with Crippen LogP contribution < -0.4 is 5.32 Å². The molecule has 1 unspecified atom stereocenters. The minimum absolute atomic E-state index is 0.639. The molecule has 0 bridgehead atoms. The largest absolute Gasteiger partial charge is 0.309 e. The zero-order valence-electron chi connectivity index (χ0n) is 8.68. The summed E-state index contributed by atoms with van der Waals surface area (Å²) in [5.41, 5.74) is 2.23. The van der Waals surface area contributed by atoms with Crippen LogP contribution in [0.3, 0.4) is 0 Å². The molecule has 0 aliphatic heterocycles. The summed E-state index contributed by atoms with van der Waals surface area (Å²) in [5.74, 6) is 0. The Balaban J connectivity index is 1.64. The number of fused-ring (bicyclic) bond motifs is 1. The SMILES string of the molecule is CC1(CNC2CCc3ccsc32)CC1. The first-order valence-electron chi connectivity index (χ1n) is 5.57. The Kier molecular flexibility index (Phi) is 1.96. The predicted octanol–water partition coefficient (Wildman–Crippen LogP) is 3.13. The molecule has 2 aliphatic carbocycles. The first kappa shape index (κ1) is 8.93. The molecule has 1 saturated carbocycles. The monoisotopic (exact) mass is 207 g/mol. The van der Waals surface area contributed by atoms with E-state index in [2.05, 4.69) is 23.7 Å². The van der Waals surface area contributed by atoms with Crippen molar-refractivity contribution in [3.8, 4) is 0 Å². The van der Waals surface area contributed by atoms with E-state index in [0.717, 1.165) is 0 Å². The van der Waals surface area contributed by atoms with Crippen LogP contribution in [0.25, 0.3) is 0 Å². The van der Waals surface area contributed by atoms with Crippen molar-refractivity contribution in [1.29, 1.82) is 0 Å². The van der Waals surface area contributed by atoms with Gasteiger partial charge in [-0.25, -0.2) is 0 Å². The summed E-state index contributed by atoms with van der Waals surface area (Å²) in [7, 11) is 0. The van der Waals surface area contributed by atoms with E-state index in [-0.39, 0.29) is 0 Å². The molecule has 1 nitrogen and oxygen atoms in total. The number of thiophene rings is 1. The van der Waals surface area contributed by atoms with Gasteiger partial charge in [0.05, 0.1) is 0 Å². The van der Waals surface area contributed by atoms with E-state index in [1.54, 1.807) is 10.4 Å². The lowest BCUT2D eigenvalue weighted by Crippen LogP contribution is -2.25. The summed E-state index contributed by atoms with van der Waals surface area (Å²) in [4.78, 5) is 1.61. The normalized spacial score (nSPS) is 27.6. The van der Waals surface area contributed by atoms with Gasteiger partial charge < -0.3 is 5.32 Å². The van der Waals surface area contributed by atoms with Gasteiger partial charge in [-0.05, 0) is 48.1 Å². The summed E-state index contributed by atoms with van der Waals surface area (Å²) >= 11 is 1.93. The van der Waals surface area contributed by atoms with Gasteiger partial charge in [0.1, 0.15) is 0 Å². The minimum atomic E-state index is 0.639. The molecule has 1 aromatic rings. The van der Waals surface area contributed by atoms with Crippen molar-refractivity contribution in [1.82, 2.24) is 5.32 Å². The van der Waals surface area contributed by atoms with Gasteiger partial charge in [0.25, 0.3) is 0 Å². The highest BCUT2D eigenvalue weighted by molar-refractivity contribution is 7.10. The molecule has 0 aromatic carbocycles. The molecule has 1 N–H and O–H groups in total. The van der Waals surface area contributed by atoms with Gasteiger partial charge in [0, 0.05) is 17.5 Å². The number of hydrogen-bond acceptors (Lipinski definition) is 2. The van der Waals surface area contributed by atoms with Crippen LogP contribution >= 0.6 is 11.3 Å². The summed E-state index contributed by atoms with van der Waals surface area (Å²) in [5, 5.41) is 5.97. The van der Waals surface area contributed by atoms with Gasteiger partial charge in [-0.3, -0.25) is 0 Å². The first-order chi connectivity index (χ1) is 6.77. The van der Waals surface area contributed by atoms with Gasteiger partial charge >= 0.3 is 0 Å². The molecule has 0 amide bonds. The molecule has 0 saturated heterocycles. The van der Waals surface area contributed by atoms with Crippen molar-refractivity contribution in [3.63, 3.8) is 0 Å². The third kappa shape index (κ3) is 1.51. The van der Waals surface area contributed by atoms with Crippen molar-refractivity contribution in [2.24, 2.45) is 5.41 Å². The third-order valence-corrected chi connectivity index (χ3v) is 4.75. The lowest BCUT2D eigenvalue weighted by Gasteiger charge is -2.15. The zero-order valence-corrected chi connectivity index (χ0v) is 9.49. The maximum Gasteiger partial charge on any atom is 0.0420 e. The Morgan fingerprint density at radius 1 is 1.57 bits per heavy atom. The highest BCUT2D eigenvalue weighted by atomic mass is 32.1. The second-order valence-electron chi connectivity index (χ2n) is 5.09. The number of rotatable bonds is 3. The summed E-state index contributed by atoms with van der Waals surface area (Å²) in [6, 6.07) is 2.96. The van der Waals surface area contributed by atoms with Crippen LogP contribution in [-0.2, 0) is 6.42 Å². The molecular formula is C12H17NS. The average Bonchev–Trinajstić information content (AvgIpc) is 2.65. The molecule has 14 heavy (non-hydrogen) atoms.